The smallest absolute Gasteiger partial charge is 0.233 e. The Kier molecular flexibility index (Phi) is 2.98. The molecule has 4 nitrogen and oxygen atoms in total. The van der Waals surface area contributed by atoms with Gasteiger partial charge in [0.25, 0.3) is 0 Å². The van der Waals surface area contributed by atoms with E-state index >= 15 is 0 Å². The number of hydrogen-bond donors (Lipinski definition) is 0. The maximum atomic E-state index is 4.46. The Balaban J connectivity index is 2.21. The van der Waals surface area contributed by atoms with E-state index < -0.39 is 0 Å². The fraction of sp³-hybridized carbons (Fsp3) is 0.0667. The Labute approximate surface area is 111 Å². The van der Waals surface area contributed by atoms with Gasteiger partial charge in [-0.2, -0.15) is 4.57 Å². The summed E-state index contributed by atoms with van der Waals surface area (Å²) in [5.41, 5.74) is 3.47. The van der Waals surface area contributed by atoms with Gasteiger partial charge in [-0.3, -0.25) is 9.97 Å². The van der Waals surface area contributed by atoms with Crippen molar-refractivity contribution in [3.8, 4) is 22.8 Å². The predicted molar refractivity (Wildman–Crippen MR) is 71.9 cm³/mol. The van der Waals surface area contributed by atoms with Crippen LogP contribution >= 0.6 is 0 Å². The minimum absolute atomic E-state index is 0.796. The van der Waals surface area contributed by atoms with Crippen molar-refractivity contribution in [2.24, 2.45) is 7.05 Å². The highest BCUT2D eigenvalue weighted by Crippen LogP contribution is 2.23. The zero-order chi connectivity index (χ0) is 13.1. The molecule has 92 valence electrons. The van der Waals surface area contributed by atoms with Crippen LogP contribution in [0.15, 0.2) is 61.2 Å². The molecule has 0 unspecified atom stereocenters. The van der Waals surface area contributed by atoms with Crippen LogP contribution < -0.4 is 4.57 Å². The number of hydrogen-bond acceptors (Lipinski definition) is 3. The van der Waals surface area contributed by atoms with E-state index in [0.29, 0.717) is 0 Å². The summed E-state index contributed by atoms with van der Waals surface area (Å²) in [6, 6.07) is 11.8. The summed E-state index contributed by atoms with van der Waals surface area (Å²) in [6.45, 7) is 0. The fourth-order valence-electron chi connectivity index (χ4n) is 1.99. The molecule has 0 aliphatic heterocycles. The van der Waals surface area contributed by atoms with E-state index in [1.165, 1.54) is 0 Å². The highest BCUT2D eigenvalue weighted by molar-refractivity contribution is 5.72. The maximum absolute atomic E-state index is 4.46. The molecule has 0 fully saturated rings. The first-order chi connectivity index (χ1) is 9.36. The second-order valence-electron chi connectivity index (χ2n) is 4.17. The molecule has 0 N–H and O–H groups in total. The first kappa shape index (κ1) is 11.5. The minimum Gasteiger partial charge on any atom is -0.255 e. The summed E-state index contributed by atoms with van der Waals surface area (Å²) in [6.07, 6.45) is 7.15. The van der Waals surface area contributed by atoms with Crippen molar-refractivity contribution in [2.45, 2.75) is 0 Å². The van der Waals surface area contributed by atoms with Crippen molar-refractivity contribution in [1.82, 2.24) is 15.0 Å². The summed E-state index contributed by atoms with van der Waals surface area (Å²) in [7, 11) is 1.99. The van der Waals surface area contributed by atoms with Gasteiger partial charge in [-0.1, -0.05) is 6.07 Å². The third-order valence-electron chi connectivity index (χ3n) is 2.90. The number of pyridine rings is 2. The van der Waals surface area contributed by atoms with Gasteiger partial charge in [-0.25, -0.2) is 4.98 Å². The van der Waals surface area contributed by atoms with Gasteiger partial charge in [0.1, 0.15) is 12.7 Å². The highest BCUT2D eigenvalue weighted by Gasteiger charge is 2.17. The van der Waals surface area contributed by atoms with Crippen LogP contribution in [0.1, 0.15) is 0 Å². The minimum atomic E-state index is 0.796. The van der Waals surface area contributed by atoms with Crippen LogP contribution in [0.25, 0.3) is 22.8 Å². The number of aryl methyl sites for hydroxylation is 1. The van der Waals surface area contributed by atoms with Gasteiger partial charge in [-0.05, 0) is 18.2 Å². The molecule has 0 saturated heterocycles. The molecule has 3 heterocycles. The molecule has 0 radical (unpaired) electrons. The zero-order valence-electron chi connectivity index (χ0n) is 10.6. The van der Waals surface area contributed by atoms with Crippen molar-refractivity contribution < 1.29 is 4.57 Å². The molecule has 0 atom stereocenters. The molecule has 19 heavy (non-hydrogen) atoms. The van der Waals surface area contributed by atoms with Crippen LogP contribution in [0.2, 0.25) is 0 Å². The van der Waals surface area contributed by atoms with Gasteiger partial charge in [0, 0.05) is 30.7 Å². The predicted octanol–water partition coefficient (Wildman–Crippen LogP) is 2.03. The highest BCUT2D eigenvalue weighted by atomic mass is 15.0. The van der Waals surface area contributed by atoms with Crippen molar-refractivity contribution in [1.29, 1.82) is 0 Å². The quantitative estimate of drug-likeness (QED) is 0.653. The van der Waals surface area contributed by atoms with Crippen LogP contribution in [0.3, 0.4) is 0 Å². The average Bonchev–Trinajstić information content (AvgIpc) is 2.49. The van der Waals surface area contributed by atoms with Gasteiger partial charge in [0.2, 0.25) is 5.69 Å². The van der Waals surface area contributed by atoms with Crippen molar-refractivity contribution in [3.63, 3.8) is 0 Å². The lowest BCUT2D eigenvalue weighted by Gasteiger charge is -2.05. The largest absolute Gasteiger partial charge is 0.255 e. The second-order valence-corrected chi connectivity index (χ2v) is 4.17. The number of aromatic nitrogens is 4. The van der Waals surface area contributed by atoms with Crippen LogP contribution in [0, 0.1) is 0 Å². The third-order valence-corrected chi connectivity index (χ3v) is 2.90. The van der Waals surface area contributed by atoms with Gasteiger partial charge >= 0.3 is 0 Å². The molecular formula is C15H13N4+. The van der Waals surface area contributed by atoms with Crippen molar-refractivity contribution in [3.05, 3.63) is 61.2 Å². The topological polar surface area (TPSA) is 42.5 Å². The average molecular weight is 249 g/mol. The van der Waals surface area contributed by atoms with Crippen LogP contribution in [-0.2, 0) is 7.05 Å². The first-order valence-electron chi connectivity index (χ1n) is 6.04. The molecular weight excluding hydrogens is 236 g/mol. The van der Waals surface area contributed by atoms with Crippen LogP contribution in [0.5, 0.6) is 0 Å². The lowest BCUT2D eigenvalue weighted by molar-refractivity contribution is -0.660. The summed E-state index contributed by atoms with van der Waals surface area (Å²) >= 11 is 0. The van der Waals surface area contributed by atoms with E-state index in [2.05, 4.69) is 15.0 Å². The molecule has 3 aromatic heterocycles. The Hall–Kier alpha value is -2.62. The normalized spacial score (nSPS) is 10.4. The molecule has 0 amide bonds. The SMILES string of the molecule is C[n+]1ccccc1-c1nccnc1-c1ccccn1. The molecule has 0 saturated carbocycles. The molecule has 4 heteroatoms. The van der Waals surface area contributed by atoms with Crippen molar-refractivity contribution in [2.75, 3.05) is 0 Å². The van der Waals surface area contributed by atoms with E-state index in [-0.39, 0.29) is 0 Å². The van der Waals surface area contributed by atoms with Crippen LogP contribution in [0.4, 0.5) is 0 Å². The fourth-order valence-corrected chi connectivity index (χ4v) is 1.99. The number of nitrogens with zero attached hydrogens (tertiary/aromatic N) is 4. The molecule has 0 aliphatic rings. The second kappa shape index (κ2) is 4.94. The third kappa shape index (κ3) is 2.20. The Morgan fingerprint density at radius 3 is 2.32 bits per heavy atom. The molecule has 0 aromatic carbocycles. The van der Waals surface area contributed by atoms with Crippen molar-refractivity contribution >= 4 is 0 Å². The lowest BCUT2D eigenvalue weighted by atomic mass is 10.1. The first-order valence-corrected chi connectivity index (χ1v) is 6.04. The molecule has 3 rings (SSSR count). The van der Waals surface area contributed by atoms with E-state index in [1.807, 2.05) is 54.2 Å². The van der Waals surface area contributed by atoms with E-state index in [4.69, 9.17) is 0 Å². The molecule has 0 bridgehead atoms. The molecule has 0 spiro atoms. The summed E-state index contributed by atoms with van der Waals surface area (Å²) in [5.74, 6) is 0. The Morgan fingerprint density at radius 2 is 1.58 bits per heavy atom. The van der Waals surface area contributed by atoms with E-state index in [1.54, 1.807) is 18.6 Å². The Bertz CT molecular complexity index is 695. The summed E-state index contributed by atoms with van der Waals surface area (Å²) < 4.78 is 2.02. The summed E-state index contributed by atoms with van der Waals surface area (Å²) in [5, 5.41) is 0. The van der Waals surface area contributed by atoms with E-state index in [0.717, 1.165) is 22.8 Å². The number of rotatable bonds is 2. The van der Waals surface area contributed by atoms with Gasteiger partial charge in [0.15, 0.2) is 11.9 Å². The summed E-state index contributed by atoms with van der Waals surface area (Å²) in [4.78, 5) is 13.2. The standard InChI is InChI=1S/C15H13N4/c1-19-11-5-3-7-13(19)15-14(17-9-10-18-15)12-6-2-4-8-16-12/h2-11H,1H3/q+1. The molecule has 3 aromatic rings. The lowest BCUT2D eigenvalue weighted by Crippen LogP contribution is -2.30. The molecule has 0 aliphatic carbocycles. The monoisotopic (exact) mass is 249 g/mol. The zero-order valence-corrected chi connectivity index (χ0v) is 10.6. The van der Waals surface area contributed by atoms with Gasteiger partial charge in [0.05, 0.1) is 5.69 Å². The van der Waals surface area contributed by atoms with E-state index in [9.17, 15) is 0 Å². The Morgan fingerprint density at radius 1 is 0.789 bits per heavy atom. The van der Waals surface area contributed by atoms with Gasteiger partial charge < -0.3 is 0 Å². The van der Waals surface area contributed by atoms with Crippen LogP contribution in [-0.4, -0.2) is 15.0 Å². The maximum Gasteiger partial charge on any atom is 0.233 e. The van der Waals surface area contributed by atoms with Gasteiger partial charge in [-0.15, -0.1) is 0 Å².